The first-order valence-corrected chi connectivity index (χ1v) is 6.62. The van der Waals surface area contributed by atoms with Gasteiger partial charge in [0, 0.05) is 12.1 Å². The predicted octanol–water partition coefficient (Wildman–Crippen LogP) is 2.30. The molecule has 0 aromatic heterocycles. The first kappa shape index (κ1) is 15.0. The quantitative estimate of drug-likeness (QED) is 0.807. The van der Waals surface area contributed by atoms with Gasteiger partial charge in [0.05, 0.1) is 7.11 Å². The van der Waals surface area contributed by atoms with Crippen molar-refractivity contribution >= 4 is 0 Å². The molecule has 3 nitrogen and oxygen atoms in total. The van der Waals surface area contributed by atoms with Crippen molar-refractivity contribution < 1.29 is 4.74 Å². The van der Waals surface area contributed by atoms with Crippen molar-refractivity contribution in [1.82, 2.24) is 4.90 Å². The number of ether oxygens (including phenoxy) is 1. The summed E-state index contributed by atoms with van der Waals surface area (Å²) < 4.78 is 5.39. The predicted molar refractivity (Wildman–Crippen MR) is 77.1 cm³/mol. The van der Waals surface area contributed by atoms with Gasteiger partial charge in [0.2, 0.25) is 0 Å². The highest BCUT2D eigenvalue weighted by atomic mass is 16.5. The lowest BCUT2D eigenvalue weighted by Gasteiger charge is -2.26. The second-order valence-corrected chi connectivity index (χ2v) is 5.11. The molecule has 3 heteroatoms. The molecule has 0 aliphatic carbocycles. The molecule has 0 saturated carbocycles. The van der Waals surface area contributed by atoms with Crippen LogP contribution in [0.1, 0.15) is 25.8 Å². The summed E-state index contributed by atoms with van der Waals surface area (Å²) >= 11 is 0. The average Bonchev–Trinajstić information content (AvgIpc) is 2.36. The molecule has 0 saturated heterocycles. The number of hydrogen-bond acceptors (Lipinski definition) is 3. The molecule has 2 unspecified atom stereocenters. The van der Waals surface area contributed by atoms with Crippen molar-refractivity contribution in [3.63, 3.8) is 0 Å². The van der Waals surface area contributed by atoms with Gasteiger partial charge < -0.3 is 15.4 Å². The molecule has 18 heavy (non-hydrogen) atoms. The average molecular weight is 250 g/mol. The summed E-state index contributed by atoms with van der Waals surface area (Å²) in [6, 6.07) is 8.98. The van der Waals surface area contributed by atoms with Gasteiger partial charge in [-0.1, -0.05) is 18.2 Å². The first-order chi connectivity index (χ1) is 8.54. The van der Waals surface area contributed by atoms with Gasteiger partial charge in [0.1, 0.15) is 5.75 Å². The molecule has 2 atom stereocenters. The second-order valence-electron chi connectivity index (χ2n) is 5.11. The van der Waals surface area contributed by atoms with Crippen LogP contribution in [0.25, 0.3) is 0 Å². The van der Waals surface area contributed by atoms with E-state index in [1.807, 2.05) is 12.1 Å². The SMILES string of the molecule is COc1ccccc1CC(C)N(C)CCC(C)N. The smallest absolute Gasteiger partial charge is 0.122 e. The number of methoxy groups -OCH3 is 1. The summed E-state index contributed by atoms with van der Waals surface area (Å²) in [4.78, 5) is 2.36. The molecule has 0 aliphatic heterocycles. The first-order valence-electron chi connectivity index (χ1n) is 6.62. The molecule has 0 spiro atoms. The number of benzene rings is 1. The van der Waals surface area contributed by atoms with Crippen LogP contribution in [-0.2, 0) is 6.42 Å². The second kappa shape index (κ2) is 7.39. The molecular weight excluding hydrogens is 224 g/mol. The Hall–Kier alpha value is -1.06. The third kappa shape index (κ3) is 4.67. The third-order valence-corrected chi connectivity index (χ3v) is 3.40. The lowest BCUT2D eigenvalue weighted by molar-refractivity contribution is 0.246. The fraction of sp³-hybridized carbons (Fsp3) is 0.600. The van der Waals surface area contributed by atoms with Gasteiger partial charge in [-0.3, -0.25) is 0 Å². The maximum Gasteiger partial charge on any atom is 0.122 e. The largest absolute Gasteiger partial charge is 0.496 e. The van der Waals surface area contributed by atoms with Gasteiger partial charge in [0.25, 0.3) is 0 Å². The zero-order valence-electron chi connectivity index (χ0n) is 12.0. The molecule has 1 aromatic carbocycles. The number of nitrogens with zero attached hydrogens (tertiary/aromatic N) is 1. The van der Waals surface area contributed by atoms with Crippen molar-refractivity contribution in [2.24, 2.45) is 5.73 Å². The van der Waals surface area contributed by atoms with Gasteiger partial charge in [-0.15, -0.1) is 0 Å². The number of rotatable bonds is 7. The Morgan fingerprint density at radius 3 is 2.56 bits per heavy atom. The van der Waals surface area contributed by atoms with Gasteiger partial charge in [-0.2, -0.15) is 0 Å². The maximum absolute atomic E-state index is 5.79. The van der Waals surface area contributed by atoms with Crippen molar-refractivity contribution in [2.75, 3.05) is 20.7 Å². The molecule has 2 N–H and O–H groups in total. The molecular formula is C15H26N2O. The van der Waals surface area contributed by atoms with Crippen LogP contribution in [0.4, 0.5) is 0 Å². The van der Waals surface area contributed by atoms with Crippen LogP contribution in [0, 0.1) is 0 Å². The molecule has 0 radical (unpaired) electrons. The monoisotopic (exact) mass is 250 g/mol. The Morgan fingerprint density at radius 2 is 1.94 bits per heavy atom. The molecule has 1 aromatic rings. The Kier molecular flexibility index (Phi) is 6.16. The van der Waals surface area contributed by atoms with E-state index >= 15 is 0 Å². The summed E-state index contributed by atoms with van der Waals surface area (Å²) in [6.45, 7) is 5.33. The van der Waals surface area contributed by atoms with E-state index < -0.39 is 0 Å². The molecule has 0 aliphatic rings. The number of nitrogens with two attached hydrogens (primary N) is 1. The van der Waals surface area contributed by atoms with E-state index in [0.29, 0.717) is 6.04 Å². The van der Waals surface area contributed by atoms with Crippen LogP contribution >= 0.6 is 0 Å². The Balaban J connectivity index is 2.55. The van der Waals surface area contributed by atoms with Crippen LogP contribution < -0.4 is 10.5 Å². The summed E-state index contributed by atoms with van der Waals surface area (Å²) in [5, 5.41) is 0. The number of likely N-dealkylation sites (N-methyl/N-ethyl adjacent to an activating group) is 1. The van der Waals surface area contributed by atoms with E-state index in [0.717, 1.165) is 25.1 Å². The highest BCUT2D eigenvalue weighted by Gasteiger charge is 2.12. The van der Waals surface area contributed by atoms with Crippen LogP contribution in [0.2, 0.25) is 0 Å². The van der Waals surface area contributed by atoms with Crippen LogP contribution in [-0.4, -0.2) is 37.7 Å². The van der Waals surface area contributed by atoms with Gasteiger partial charge >= 0.3 is 0 Å². The van der Waals surface area contributed by atoms with E-state index in [9.17, 15) is 0 Å². The standard InChI is InChI=1S/C15H26N2O/c1-12(16)9-10-17(3)13(2)11-14-7-5-6-8-15(14)18-4/h5-8,12-13H,9-11,16H2,1-4H3. The van der Waals surface area contributed by atoms with Crippen LogP contribution in [0.3, 0.4) is 0 Å². The summed E-state index contributed by atoms with van der Waals surface area (Å²) in [6.07, 6.45) is 2.03. The van der Waals surface area contributed by atoms with Crippen LogP contribution in [0.15, 0.2) is 24.3 Å². The van der Waals surface area contributed by atoms with Gasteiger partial charge in [-0.05, 0) is 51.9 Å². The van der Waals surface area contributed by atoms with E-state index in [1.54, 1.807) is 7.11 Å². The number of hydrogen-bond donors (Lipinski definition) is 1. The molecule has 0 fully saturated rings. The highest BCUT2D eigenvalue weighted by molar-refractivity contribution is 5.33. The molecule has 0 bridgehead atoms. The van der Waals surface area contributed by atoms with E-state index in [1.165, 1.54) is 5.56 Å². The maximum atomic E-state index is 5.79. The molecule has 102 valence electrons. The number of para-hydroxylation sites is 1. The minimum Gasteiger partial charge on any atom is -0.496 e. The summed E-state index contributed by atoms with van der Waals surface area (Å²) in [7, 11) is 3.88. The van der Waals surface area contributed by atoms with Gasteiger partial charge in [0.15, 0.2) is 0 Å². The third-order valence-electron chi connectivity index (χ3n) is 3.40. The highest BCUT2D eigenvalue weighted by Crippen LogP contribution is 2.20. The molecule has 0 heterocycles. The van der Waals surface area contributed by atoms with Crippen molar-refractivity contribution in [3.8, 4) is 5.75 Å². The van der Waals surface area contributed by atoms with E-state index in [4.69, 9.17) is 10.5 Å². The van der Waals surface area contributed by atoms with E-state index in [-0.39, 0.29) is 6.04 Å². The van der Waals surface area contributed by atoms with E-state index in [2.05, 4.69) is 37.9 Å². The Bertz CT molecular complexity index is 352. The zero-order chi connectivity index (χ0) is 13.5. The van der Waals surface area contributed by atoms with Gasteiger partial charge in [-0.25, -0.2) is 0 Å². The minimum atomic E-state index is 0.269. The topological polar surface area (TPSA) is 38.5 Å². The lowest BCUT2D eigenvalue weighted by Crippen LogP contribution is -2.34. The van der Waals surface area contributed by atoms with Crippen molar-refractivity contribution in [1.29, 1.82) is 0 Å². The normalized spacial score (nSPS) is 14.6. The Labute approximate surface area is 111 Å². The van der Waals surface area contributed by atoms with Crippen molar-refractivity contribution in [2.45, 2.75) is 38.8 Å². The molecule has 1 rings (SSSR count). The minimum absolute atomic E-state index is 0.269. The summed E-state index contributed by atoms with van der Waals surface area (Å²) in [5.41, 5.74) is 7.06. The molecule has 0 amide bonds. The van der Waals surface area contributed by atoms with Crippen LogP contribution in [0.5, 0.6) is 5.75 Å². The summed E-state index contributed by atoms with van der Waals surface area (Å²) in [5.74, 6) is 0.977. The fourth-order valence-electron chi connectivity index (χ4n) is 1.97. The zero-order valence-corrected chi connectivity index (χ0v) is 12.0. The Morgan fingerprint density at radius 1 is 1.28 bits per heavy atom. The van der Waals surface area contributed by atoms with Crippen molar-refractivity contribution in [3.05, 3.63) is 29.8 Å². The fourth-order valence-corrected chi connectivity index (χ4v) is 1.97. The lowest BCUT2D eigenvalue weighted by atomic mass is 10.0.